The number of likely N-dealkylation sites (tertiary alicyclic amines) is 1. The Morgan fingerprint density at radius 1 is 1.37 bits per heavy atom. The normalized spacial score (nSPS) is 27.6. The van der Waals surface area contributed by atoms with Gasteiger partial charge < -0.3 is 19.6 Å². The second-order valence-corrected chi connectivity index (χ2v) is 5.31. The summed E-state index contributed by atoms with van der Waals surface area (Å²) in [5.74, 6) is -0.302. The van der Waals surface area contributed by atoms with E-state index in [1.54, 1.807) is 4.90 Å². The Bertz CT molecular complexity index is 348. The summed E-state index contributed by atoms with van der Waals surface area (Å²) >= 11 is 0. The first-order valence-corrected chi connectivity index (χ1v) is 6.97. The quantitative estimate of drug-likeness (QED) is 0.831. The third-order valence-corrected chi connectivity index (χ3v) is 4.02. The minimum atomic E-state index is -0.888. The van der Waals surface area contributed by atoms with Crippen molar-refractivity contribution in [1.82, 2.24) is 9.80 Å². The van der Waals surface area contributed by atoms with Crippen molar-refractivity contribution in [3.8, 4) is 0 Å². The number of carboxylic acid groups (broad SMARTS) is 1. The molecule has 2 rings (SSSR count). The van der Waals surface area contributed by atoms with Gasteiger partial charge in [0.05, 0.1) is 25.7 Å². The van der Waals surface area contributed by atoms with Gasteiger partial charge in [0.1, 0.15) is 0 Å². The molecule has 0 aromatic heterocycles. The van der Waals surface area contributed by atoms with Gasteiger partial charge >= 0.3 is 12.0 Å². The smallest absolute Gasteiger partial charge is 0.320 e. The minimum Gasteiger partial charge on any atom is -0.481 e. The first-order valence-electron chi connectivity index (χ1n) is 6.97. The molecule has 6 heteroatoms. The van der Waals surface area contributed by atoms with Gasteiger partial charge in [-0.15, -0.1) is 0 Å². The number of hydrogen-bond donors (Lipinski definition) is 1. The molecular weight excluding hydrogens is 248 g/mol. The lowest BCUT2D eigenvalue weighted by atomic mass is 10.1. The molecule has 2 heterocycles. The van der Waals surface area contributed by atoms with Crippen LogP contribution in [0.2, 0.25) is 0 Å². The summed E-state index contributed by atoms with van der Waals surface area (Å²) in [6, 6.07) is -0.357. The topological polar surface area (TPSA) is 70.1 Å². The molecule has 0 saturated carbocycles. The van der Waals surface area contributed by atoms with Crippen LogP contribution in [0.3, 0.4) is 0 Å². The fourth-order valence-electron chi connectivity index (χ4n) is 2.80. The van der Waals surface area contributed by atoms with Crippen LogP contribution in [0.1, 0.15) is 26.2 Å². The number of carbonyl (C=O) groups is 2. The molecule has 0 aromatic carbocycles. The summed E-state index contributed by atoms with van der Waals surface area (Å²) in [5.41, 5.74) is 0. The average Bonchev–Trinajstić information content (AvgIpc) is 2.86. The third kappa shape index (κ3) is 3.37. The van der Waals surface area contributed by atoms with Crippen LogP contribution in [0.5, 0.6) is 0 Å². The molecule has 2 fully saturated rings. The fraction of sp³-hybridized carbons (Fsp3) is 0.846. The number of carboxylic acids is 1. The van der Waals surface area contributed by atoms with Crippen molar-refractivity contribution in [1.29, 1.82) is 0 Å². The summed E-state index contributed by atoms with van der Waals surface area (Å²) in [4.78, 5) is 26.8. The number of hydrogen-bond acceptors (Lipinski definition) is 3. The van der Waals surface area contributed by atoms with Crippen LogP contribution in [0.4, 0.5) is 4.79 Å². The average molecular weight is 270 g/mol. The summed E-state index contributed by atoms with van der Waals surface area (Å²) in [7, 11) is 0. The summed E-state index contributed by atoms with van der Waals surface area (Å²) in [6.07, 6.45) is 2.10. The molecule has 0 radical (unpaired) electrons. The Balaban J connectivity index is 1.97. The molecule has 2 aliphatic heterocycles. The second kappa shape index (κ2) is 6.23. The molecule has 0 spiro atoms. The maximum absolute atomic E-state index is 12.5. The van der Waals surface area contributed by atoms with Gasteiger partial charge in [0, 0.05) is 19.6 Å². The first kappa shape index (κ1) is 14.1. The number of ether oxygens (including phenoxy) is 1. The molecule has 6 nitrogen and oxygen atoms in total. The highest BCUT2D eigenvalue weighted by Gasteiger charge is 2.34. The number of carbonyl (C=O) groups excluding carboxylic acids is 1. The third-order valence-electron chi connectivity index (χ3n) is 4.02. The molecule has 0 bridgehead atoms. The largest absolute Gasteiger partial charge is 0.481 e. The molecule has 1 N–H and O–H groups in total. The van der Waals surface area contributed by atoms with Crippen LogP contribution >= 0.6 is 0 Å². The molecule has 2 amide bonds. The van der Waals surface area contributed by atoms with Crippen molar-refractivity contribution in [3.63, 3.8) is 0 Å². The van der Waals surface area contributed by atoms with Crippen LogP contribution in [-0.2, 0) is 9.53 Å². The highest BCUT2D eigenvalue weighted by molar-refractivity contribution is 5.76. The van der Waals surface area contributed by atoms with Crippen molar-refractivity contribution in [2.75, 3.05) is 32.8 Å². The van der Waals surface area contributed by atoms with Gasteiger partial charge in [-0.2, -0.15) is 0 Å². The second-order valence-electron chi connectivity index (χ2n) is 5.31. The van der Waals surface area contributed by atoms with E-state index in [-0.39, 0.29) is 18.5 Å². The lowest BCUT2D eigenvalue weighted by Crippen LogP contribution is -2.53. The summed E-state index contributed by atoms with van der Waals surface area (Å²) in [5, 5.41) is 8.90. The van der Waals surface area contributed by atoms with Gasteiger partial charge in [0.2, 0.25) is 0 Å². The number of amides is 2. The standard InChI is InChI=1S/C13H22N2O4/c1-2-10-3-4-14(8-10)13(18)15-5-6-19-9-11(15)7-12(16)17/h10-11H,2-9H2,1H3,(H,16,17). The molecular formula is C13H22N2O4. The molecule has 108 valence electrons. The van der Waals surface area contributed by atoms with Crippen LogP contribution in [0.15, 0.2) is 0 Å². The Kier molecular flexibility index (Phi) is 4.63. The van der Waals surface area contributed by atoms with Crippen molar-refractivity contribution >= 4 is 12.0 Å². The number of morpholine rings is 1. The van der Waals surface area contributed by atoms with Crippen LogP contribution < -0.4 is 0 Å². The van der Waals surface area contributed by atoms with Gasteiger partial charge in [0.25, 0.3) is 0 Å². The van der Waals surface area contributed by atoms with E-state index < -0.39 is 5.97 Å². The van der Waals surface area contributed by atoms with E-state index in [0.29, 0.717) is 25.7 Å². The molecule has 0 aliphatic carbocycles. The lowest BCUT2D eigenvalue weighted by Gasteiger charge is -2.37. The Morgan fingerprint density at radius 2 is 2.16 bits per heavy atom. The molecule has 0 aromatic rings. The monoisotopic (exact) mass is 270 g/mol. The maximum Gasteiger partial charge on any atom is 0.320 e. The summed E-state index contributed by atoms with van der Waals surface area (Å²) in [6.45, 7) is 5.03. The van der Waals surface area contributed by atoms with Crippen LogP contribution in [-0.4, -0.2) is 65.8 Å². The first-order chi connectivity index (χ1) is 9.11. The Morgan fingerprint density at radius 3 is 2.79 bits per heavy atom. The molecule has 2 aliphatic rings. The van der Waals surface area contributed by atoms with Gasteiger partial charge in [0.15, 0.2) is 0 Å². The number of urea groups is 1. The van der Waals surface area contributed by atoms with Crippen LogP contribution in [0.25, 0.3) is 0 Å². The van der Waals surface area contributed by atoms with E-state index in [9.17, 15) is 9.59 Å². The predicted octanol–water partition coefficient (Wildman–Crippen LogP) is 1.01. The van der Waals surface area contributed by atoms with E-state index in [4.69, 9.17) is 9.84 Å². The molecule has 2 saturated heterocycles. The fourth-order valence-corrected chi connectivity index (χ4v) is 2.80. The van der Waals surface area contributed by atoms with Gasteiger partial charge in [-0.05, 0) is 12.3 Å². The van der Waals surface area contributed by atoms with E-state index >= 15 is 0 Å². The Labute approximate surface area is 113 Å². The van der Waals surface area contributed by atoms with E-state index in [1.165, 1.54) is 0 Å². The van der Waals surface area contributed by atoms with Crippen molar-refractivity contribution in [2.45, 2.75) is 32.2 Å². The minimum absolute atomic E-state index is 0.0227. The SMILES string of the molecule is CCC1CCN(C(=O)N2CCOCC2CC(=O)O)C1. The van der Waals surface area contributed by atoms with E-state index in [2.05, 4.69) is 6.92 Å². The Hall–Kier alpha value is -1.30. The van der Waals surface area contributed by atoms with E-state index in [1.807, 2.05) is 4.90 Å². The number of nitrogens with zero attached hydrogens (tertiary/aromatic N) is 2. The van der Waals surface area contributed by atoms with Crippen molar-refractivity contribution in [3.05, 3.63) is 0 Å². The zero-order chi connectivity index (χ0) is 13.8. The number of rotatable bonds is 3. The van der Waals surface area contributed by atoms with Gasteiger partial charge in [-0.3, -0.25) is 4.79 Å². The van der Waals surface area contributed by atoms with Crippen LogP contribution in [0, 0.1) is 5.92 Å². The number of aliphatic carboxylic acids is 1. The lowest BCUT2D eigenvalue weighted by molar-refractivity contribution is -0.139. The highest BCUT2D eigenvalue weighted by atomic mass is 16.5. The zero-order valence-electron chi connectivity index (χ0n) is 11.4. The zero-order valence-corrected chi connectivity index (χ0v) is 11.4. The summed E-state index contributed by atoms with van der Waals surface area (Å²) < 4.78 is 5.29. The highest BCUT2D eigenvalue weighted by Crippen LogP contribution is 2.22. The van der Waals surface area contributed by atoms with Gasteiger partial charge in [-0.1, -0.05) is 13.3 Å². The molecule has 2 atom stereocenters. The van der Waals surface area contributed by atoms with E-state index in [0.717, 1.165) is 25.9 Å². The van der Waals surface area contributed by atoms with Gasteiger partial charge in [-0.25, -0.2) is 4.79 Å². The molecule has 19 heavy (non-hydrogen) atoms. The molecule has 2 unspecified atom stereocenters. The van der Waals surface area contributed by atoms with Crippen molar-refractivity contribution < 1.29 is 19.4 Å². The van der Waals surface area contributed by atoms with Crippen molar-refractivity contribution in [2.24, 2.45) is 5.92 Å². The predicted molar refractivity (Wildman–Crippen MR) is 68.9 cm³/mol. The maximum atomic E-state index is 12.5.